The Bertz CT molecular complexity index is 621. The summed E-state index contributed by atoms with van der Waals surface area (Å²) in [5.74, 6) is 1.71. The van der Waals surface area contributed by atoms with Gasteiger partial charge in [-0.25, -0.2) is 4.98 Å². The lowest BCUT2D eigenvalue weighted by atomic mass is 10.1. The summed E-state index contributed by atoms with van der Waals surface area (Å²) in [7, 11) is 0. The molecule has 0 aromatic carbocycles. The maximum absolute atomic E-state index is 12.6. The fourth-order valence-corrected chi connectivity index (χ4v) is 2.82. The third-order valence-electron chi connectivity index (χ3n) is 3.55. The van der Waals surface area contributed by atoms with E-state index in [1.165, 1.54) is 0 Å². The number of rotatable bonds is 2. The van der Waals surface area contributed by atoms with Gasteiger partial charge in [-0.15, -0.1) is 0 Å². The number of furan rings is 1. The summed E-state index contributed by atoms with van der Waals surface area (Å²) < 4.78 is 6.55. The molecule has 1 aliphatic rings. The summed E-state index contributed by atoms with van der Waals surface area (Å²) in [6.07, 6.45) is 3.58. The Kier molecular flexibility index (Phi) is 3.61. The summed E-state index contributed by atoms with van der Waals surface area (Å²) in [5, 5.41) is 0. The SMILES string of the molecule is Cc1ccc([C@@H]2CCCN2C(=O)c2ccc(Br)cn2)o1. The van der Waals surface area contributed by atoms with Crippen molar-refractivity contribution < 1.29 is 9.21 Å². The van der Waals surface area contributed by atoms with Crippen LogP contribution >= 0.6 is 15.9 Å². The number of hydrogen-bond acceptors (Lipinski definition) is 3. The van der Waals surface area contributed by atoms with Crippen LogP contribution in [0.15, 0.2) is 39.4 Å². The third-order valence-corrected chi connectivity index (χ3v) is 4.02. The van der Waals surface area contributed by atoms with Gasteiger partial charge >= 0.3 is 0 Å². The average molecular weight is 335 g/mol. The van der Waals surface area contributed by atoms with E-state index in [2.05, 4.69) is 20.9 Å². The normalized spacial score (nSPS) is 18.5. The molecule has 1 fully saturated rings. The van der Waals surface area contributed by atoms with Crippen molar-refractivity contribution >= 4 is 21.8 Å². The summed E-state index contributed by atoms with van der Waals surface area (Å²) in [4.78, 5) is 18.6. The van der Waals surface area contributed by atoms with E-state index in [1.807, 2.05) is 30.0 Å². The van der Waals surface area contributed by atoms with Gasteiger partial charge in [-0.05, 0) is 60.0 Å². The average Bonchev–Trinajstić information content (AvgIpc) is 3.07. The summed E-state index contributed by atoms with van der Waals surface area (Å²) in [5.41, 5.74) is 0.475. The van der Waals surface area contributed by atoms with Crippen LogP contribution in [-0.2, 0) is 0 Å². The van der Waals surface area contributed by atoms with Crippen LogP contribution in [0.1, 0.15) is 40.9 Å². The number of amides is 1. The minimum atomic E-state index is -0.0333. The number of nitrogens with zero attached hydrogens (tertiary/aromatic N) is 2. The third kappa shape index (κ3) is 2.50. The van der Waals surface area contributed by atoms with E-state index in [9.17, 15) is 4.79 Å². The predicted molar refractivity (Wildman–Crippen MR) is 78.4 cm³/mol. The van der Waals surface area contributed by atoms with Gasteiger partial charge in [0.25, 0.3) is 5.91 Å². The first-order valence-corrected chi connectivity index (χ1v) is 7.43. The number of carbonyl (C=O) groups excluding carboxylic acids is 1. The Balaban J connectivity index is 1.85. The molecule has 0 aliphatic carbocycles. The second-order valence-corrected chi connectivity index (χ2v) is 5.88. The van der Waals surface area contributed by atoms with Gasteiger partial charge < -0.3 is 9.32 Å². The number of likely N-dealkylation sites (tertiary alicyclic amines) is 1. The van der Waals surface area contributed by atoms with Crippen molar-refractivity contribution in [2.75, 3.05) is 6.54 Å². The van der Waals surface area contributed by atoms with E-state index in [4.69, 9.17) is 4.42 Å². The van der Waals surface area contributed by atoms with Crippen LogP contribution in [0.5, 0.6) is 0 Å². The second kappa shape index (κ2) is 5.40. The largest absolute Gasteiger partial charge is 0.464 e. The molecule has 0 radical (unpaired) electrons. The van der Waals surface area contributed by atoms with Gasteiger partial charge in [0, 0.05) is 17.2 Å². The van der Waals surface area contributed by atoms with Crippen LogP contribution in [-0.4, -0.2) is 22.3 Å². The standard InChI is InChI=1S/C15H15BrN2O2/c1-10-4-7-14(20-10)13-3-2-8-18(13)15(19)12-6-5-11(16)9-17-12/h4-7,9,13H,2-3,8H2,1H3/t13-/m0/s1. The fourth-order valence-electron chi connectivity index (χ4n) is 2.59. The second-order valence-electron chi connectivity index (χ2n) is 4.97. The van der Waals surface area contributed by atoms with Crippen molar-refractivity contribution in [2.24, 2.45) is 0 Å². The highest BCUT2D eigenvalue weighted by Crippen LogP contribution is 2.33. The molecule has 3 heterocycles. The lowest BCUT2D eigenvalue weighted by molar-refractivity contribution is 0.0713. The van der Waals surface area contributed by atoms with Gasteiger partial charge in [0.1, 0.15) is 17.2 Å². The van der Waals surface area contributed by atoms with Gasteiger partial charge in [0.15, 0.2) is 0 Å². The molecule has 4 nitrogen and oxygen atoms in total. The first kappa shape index (κ1) is 13.4. The molecule has 1 atom stereocenters. The van der Waals surface area contributed by atoms with E-state index in [0.29, 0.717) is 5.69 Å². The monoisotopic (exact) mass is 334 g/mol. The van der Waals surface area contributed by atoms with Crippen molar-refractivity contribution in [1.29, 1.82) is 0 Å². The molecule has 0 saturated carbocycles. The quantitative estimate of drug-likeness (QED) is 0.840. The molecular weight excluding hydrogens is 320 g/mol. The molecule has 0 N–H and O–H groups in total. The Labute approximate surface area is 125 Å². The minimum absolute atomic E-state index is 0.0293. The highest BCUT2D eigenvalue weighted by molar-refractivity contribution is 9.10. The molecule has 0 unspecified atom stereocenters. The lowest BCUT2D eigenvalue weighted by Crippen LogP contribution is -2.31. The van der Waals surface area contributed by atoms with Gasteiger partial charge in [-0.1, -0.05) is 0 Å². The van der Waals surface area contributed by atoms with Gasteiger partial charge in [-0.3, -0.25) is 4.79 Å². The zero-order valence-corrected chi connectivity index (χ0v) is 12.8. The van der Waals surface area contributed by atoms with Crippen LogP contribution in [0.25, 0.3) is 0 Å². The topological polar surface area (TPSA) is 46.3 Å². The molecule has 5 heteroatoms. The van der Waals surface area contributed by atoms with E-state index in [0.717, 1.165) is 35.4 Å². The Morgan fingerprint density at radius 2 is 2.25 bits per heavy atom. The van der Waals surface area contributed by atoms with Crippen LogP contribution in [0.4, 0.5) is 0 Å². The fraction of sp³-hybridized carbons (Fsp3) is 0.333. The maximum Gasteiger partial charge on any atom is 0.273 e. The first-order valence-electron chi connectivity index (χ1n) is 6.64. The molecule has 3 rings (SSSR count). The molecular formula is C15H15BrN2O2. The molecule has 0 spiro atoms. The van der Waals surface area contributed by atoms with E-state index in [1.54, 1.807) is 12.3 Å². The highest BCUT2D eigenvalue weighted by Gasteiger charge is 2.33. The first-order chi connectivity index (χ1) is 9.65. The van der Waals surface area contributed by atoms with E-state index >= 15 is 0 Å². The zero-order valence-electron chi connectivity index (χ0n) is 11.2. The van der Waals surface area contributed by atoms with Crippen LogP contribution in [0.3, 0.4) is 0 Å². The summed E-state index contributed by atoms with van der Waals surface area (Å²) >= 11 is 3.33. The Hall–Kier alpha value is -1.62. The Morgan fingerprint density at radius 1 is 1.40 bits per heavy atom. The molecule has 20 heavy (non-hydrogen) atoms. The van der Waals surface area contributed by atoms with Gasteiger partial charge in [0.2, 0.25) is 0 Å². The van der Waals surface area contributed by atoms with Crippen molar-refractivity contribution in [3.05, 3.63) is 52.1 Å². The minimum Gasteiger partial charge on any atom is -0.464 e. The van der Waals surface area contributed by atoms with E-state index < -0.39 is 0 Å². The van der Waals surface area contributed by atoms with Crippen LogP contribution < -0.4 is 0 Å². The van der Waals surface area contributed by atoms with Crippen molar-refractivity contribution in [3.8, 4) is 0 Å². The van der Waals surface area contributed by atoms with E-state index in [-0.39, 0.29) is 11.9 Å². The molecule has 0 bridgehead atoms. The molecule has 104 valence electrons. The number of hydrogen-bond donors (Lipinski definition) is 0. The number of halogens is 1. The smallest absolute Gasteiger partial charge is 0.273 e. The van der Waals surface area contributed by atoms with Gasteiger partial charge in [0.05, 0.1) is 6.04 Å². The number of carbonyl (C=O) groups is 1. The summed E-state index contributed by atoms with van der Waals surface area (Å²) in [6, 6.07) is 7.51. The van der Waals surface area contributed by atoms with Crippen molar-refractivity contribution in [1.82, 2.24) is 9.88 Å². The van der Waals surface area contributed by atoms with Crippen LogP contribution in [0, 0.1) is 6.92 Å². The molecule has 2 aromatic rings. The lowest BCUT2D eigenvalue weighted by Gasteiger charge is -2.22. The number of pyridine rings is 1. The highest BCUT2D eigenvalue weighted by atomic mass is 79.9. The van der Waals surface area contributed by atoms with Gasteiger partial charge in [-0.2, -0.15) is 0 Å². The number of aryl methyl sites for hydroxylation is 1. The maximum atomic E-state index is 12.6. The zero-order chi connectivity index (χ0) is 14.1. The predicted octanol–water partition coefficient (Wildman–Crippen LogP) is 3.72. The summed E-state index contributed by atoms with van der Waals surface area (Å²) in [6.45, 7) is 2.67. The number of aromatic nitrogens is 1. The van der Waals surface area contributed by atoms with Crippen molar-refractivity contribution in [2.45, 2.75) is 25.8 Å². The molecule has 1 saturated heterocycles. The molecule has 2 aromatic heterocycles. The molecule has 1 amide bonds. The van der Waals surface area contributed by atoms with Crippen LogP contribution in [0.2, 0.25) is 0 Å². The van der Waals surface area contributed by atoms with Crippen molar-refractivity contribution in [3.63, 3.8) is 0 Å². The Morgan fingerprint density at radius 3 is 2.90 bits per heavy atom. The molecule has 1 aliphatic heterocycles.